The van der Waals surface area contributed by atoms with Crippen LogP contribution in [0, 0.1) is 0 Å². The van der Waals surface area contributed by atoms with Gasteiger partial charge in [-0.25, -0.2) is 4.79 Å². The molecule has 0 aromatic heterocycles. The SMILES string of the molecule is CCCCCCCCCOCCOCCOCCOCCOCCOCCOCCOCCOCCOCC(=O)O. The third-order valence-corrected chi connectivity index (χ3v) is 5.47. The number of hydrogen-bond acceptors (Lipinski definition) is 11. The van der Waals surface area contributed by atoms with Gasteiger partial charge in [0.05, 0.1) is 119 Å². The highest BCUT2D eigenvalue weighted by Crippen LogP contribution is 2.06. The van der Waals surface area contributed by atoms with Crippen LogP contribution in [-0.2, 0) is 52.2 Å². The van der Waals surface area contributed by atoms with Gasteiger partial charge in [-0.3, -0.25) is 0 Å². The maximum atomic E-state index is 10.3. The van der Waals surface area contributed by atoms with Gasteiger partial charge in [-0.2, -0.15) is 0 Å². The van der Waals surface area contributed by atoms with Crippen molar-refractivity contribution in [1.29, 1.82) is 0 Å². The summed E-state index contributed by atoms with van der Waals surface area (Å²) in [5.41, 5.74) is 0. The average Bonchev–Trinajstić information content (AvgIpc) is 2.97. The van der Waals surface area contributed by atoms with E-state index in [1.807, 2.05) is 0 Å². The summed E-state index contributed by atoms with van der Waals surface area (Å²) in [5, 5.41) is 8.42. The van der Waals surface area contributed by atoms with Crippen molar-refractivity contribution in [3.63, 3.8) is 0 Å². The van der Waals surface area contributed by atoms with Crippen molar-refractivity contribution in [3.8, 4) is 0 Å². The van der Waals surface area contributed by atoms with Crippen molar-refractivity contribution in [2.45, 2.75) is 51.9 Å². The molecule has 0 spiro atoms. The van der Waals surface area contributed by atoms with Crippen LogP contribution >= 0.6 is 0 Å². The minimum absolute atomic E-state index is 0.247. The highest BCUT2D eigenvalue weighted by Gasteiger charge is 1.97. The molecule has 0 heterocycles. The molecule has 0 atom stereocenters. The molecular weight excluding hydrogens is 540 g/mol. The minimum Gasteiger partial charge on any atom is -0.480 e. The fourth-order valence-corrected chi connectivity index (χ4v) is 3.30. The third-order valence-electron chi connectivity index (χ3n) is 5.47. The normalized spacial score (nSPS) is 11.4. The van der Waals surface area contributed by atoms with Crippen LogP contribution in [-0.4, -0.2) is 143 Å². The van der Waals surface area contributed by atoms with Gasteiger partial charge in [-0.1, -0.05) is 45.4 Å². The second-order valence-electron chi connectivity index (χ2n) is 9.08. The van der Waals surface area contributed by atoms with Gasteiger partial charge in [0.2, 0.25) is 0 Å². The number of carboxylic acids is 1. The molecular formula is C29H58O12. The van der Waals surface area contributed by atoms with Crippen LogP contribution in [0.4, 0.5) is 0 Å². The predicted octanol–water partition coefficient (Wildman–Crippen LogP) is 2.99. The maximum absolute atomic E-state index is 10.3. The maximum Gasteiger partial charge on any atom is 0.329 e. The number of ether oxygens (including phenoxy) is 10. The largest absolute Gasteiger partial charge is 0.480 e. The van der Waals surface area contributed by atoms with Crippen LogP contribution in [0.25, 0.3) is 0 Å². The van der Waals surface area contributed by atoms with E-state index in [-0.39, 0.29) is 13.2 Å². The summed E-state index contributed by atoms with van der Waals surface area (Å²) < 4.78 is 53.8. The Morgan fingerprint density at radius 1 is 0.366 bits per heavy atom. The number of hydrogen-bond donors (Lipinski definition) is 1. The van der Waals surface area contributed by atoms with Gasteiger partial charge in [-0.15, -0.1) is 0 Å². The Labute approximate surface area is 247 Å². The van der Waals surface area contributed by atoms with E-state index in [2.05, 4.69) is 6.92 Å². The van der Waals surface area contributed by atoms with E-state index in [9.17, 15) is 4.79 Å². The molecule has 0 saturated heterocycles. The highest BCUT2D eigenvalue weighted by atomic mass is 16.6. The molecule has 0 fully saturated rings. The van der Waals surface area contributed by atoms with Gasteiger partial charge < -0.3 is 52.5 Å². The molecule has 12 nitrogen and oxygen atoms in total. The van der Waals surface area contributed by atoms with Crippen LogP contribution in [0.1, 0.15) is 51.9 Å². The van der Waals surface area contributed by atoms with Gasteiger partial charge in [0.15, 0.2) is 0 Å². The lowest BCUT2D eigenvalue weighted by Crippen LogP contribution is -2.15. The lowest BCUT2D eigenvalue weighted by molar-refractivity contribution is -0.142. The van der Waals surface area contributed by atoms with E-state index in [0.717, 1.165) is 13.0 Å². The number of rotatable bonds is 37. The Hall–Kier alpha value is -0.930. The minimum atomic E-state index is -0.991. The number of carbonyl (C=O) groups is 1. The molecule has 0 bridgehead atoms. The van der Waals surface area contributed by atoms with Crippen molar-refractivity contribution in [2.75, 3.05) is 132 Å². The number of unbranched alkanes of at least 4 members (excludes halogenated alkanes) is 6. The van der Waals surface area contributed by atoms with Crippen LogP contribution in [0.3, 0.4) is 0 Å². The van der Waals surface area contributed by atoms with Crippen LogP contribution in [0.2, 0.25) is 0 Å². The molecule has 0 aliphatic heterocycles. The summed E-state index contributed by atoms with van der Waals surface area (Å²) in [6.07, 6.45) is 9.08. The first-order chi connectivity index (χ1) is 20.3. The summed E-state index contributed by atoms with van der Waals surface area (Å²) in [7, 11) is 0. The van der Waals surface area contributed by atoms with Crippen LogP contribution in [0.5, 0.6) is 0 Å². The van der Waals surface area contributed by atoms with Crippen LogP contribution < -0.4 is 0 Å². The zero-order valence-corrected chi connectivity index (χ0v) is 25.5. The molecule has 0 aromatic carbocycles. The first-order valence-corrected chi connectivity index (χ1v) is 15.3. The van der Waals surface area contributed by atoms with Crippen LogP contribution in [0.15, 0.2) is 0 Å². The van der Waals surface area contributed by atoms with Crippen molar-refractivity contribution in [3.05, 3.63) is 0 Å². The van der Waals surface area contributed by atoms with Crippen molar-refractivity contribution < 1.29 is 57.3 Å². The van der Waals surface area contributed by atoms with E-state index in [0.29, 0.717) is 112 Å². The average molecular weight is 599 g/mol. The van der Waals surface area contributed by atoms with E-state index in [4.69, 9.17) is 52.5 Å². The van der Waals surface area contributed by atoms with Crippen molar-refractivity contribution in [1.82, 2.24) is 0 Å². The van der Waals surface area contributed by atoms with E-state index < -0.39 is 5.97 Å². The van der Waals surface area contributed by atoms with Gasteiger partial charge >= 0.3 is 5.97 Å². The fourth-order valence-electron chi connectivity index (χ4n) is 3.30. The first kappa shape index (κ1) is 40.1. The summed E-state index contributed by atoms with van der Waals surface area (Å²) in [5.74, 6) is -0.991. The topological polar surface area (TPSA) is 130 Å². The smallest absolute Gasteiger partial charge is 0.329 e. The highest BCUT2D eigenvalue weighted by molar-refractivity contribution is 5.67. The Bertz CT molecular complexity index is 498. The zero-order valence-electron chi connectivity index (χ0n) is 25.5. The Kier molecular flexibility index (Phi) is 36.3. The van der Waals surface area contributed by atoms with E-state index >= 15 is 0 Å². The third kappa shape index (κ3) is 39.1. The quantitative estimate of drug-likeness (QED) is 0.106. The number of aliphatic carboxylic acids is 1. The molecule has 1 N–H and O–H groups in total. The summed E-state index contributed by atoms with van der Waals surface area (Å²) in [6, 6.07) is 0. The van der Waals surface area contributed by atoms with Gasteiger partial charge in [-0.05, 0) is 6.42 Å². The van der Waals surface area contributed by atoms with E-state index in [1.54, 1.807) is 0 Å². The second-order valence-corrected chi connectivity index (χ2v) is 9.08. The number of carboxylic acid groups (broad SMARTS) is 1. The first-order valence-electron chi connectivity index (χ1n) is 15.3. The molecule has 41 heavy (non-hydrogen) atoms. The summed E-state index contributed by atoms with van der Waals surface area (Å²) in [4.78, 5) is 10.3. The van der Waals surface area contributed by atoms with Gasteiger partial charge in [0.1, 0.15) is 6.61 Å². The molecule has 0 rings (SSSR count). The summed E-state index contributed by atoms with van der Waals surface area (Å²) in [6.45, 7) is 11.6. The molecule has 0 radical (unpaired) electrons. The fraction of sp³-hybridized carbons (Fsp3) is 0.966. The molecule has 12 heteroatoms. The monoisotopic (exact) mass is 598 g/mol. The molecule has 0 aliphatic carbocycles. The zero-order chi connectivity index (χ0) is 29.7. The summed E-state index contributed by atoms with van der Waals surface area (Å²) >= 11 is 0. The lowest BCUT2D eigenvalue weighted by atomic mass is 10.1. The lowest BCUT2D eigenvalue weighted by Gasteiger charge is -2.09. The molecule has 0 aliphatic rings. The van der Waals surface area contributed by atoms with E-state index in [1.165, 1.54) is 38.5 Å². The molecule has 246 valence electrons. The molecule has 0 saturated carbocycles. The second kappa shape index (κ2) is 37.1. The van der Waals surface area contributed by atoms with Crippen molar-refractivity contribution in [2.24, 2.45) is 0 Å². The molecule has 0 aromatic rings. The standard InChI is InChI=1S/C29H58O12/c1-2-3-4-5-6-7-8-9-32-10-11-33-12-13-34-14-15-35-16-17-36-18-19-37-20-21-38-22-23-39-24-25-40-26-27-41-28-29(30)31/h2-28H2,1H3,(H,30,31). The van der Waals surface area contributed by atoms with Gasteiger partial charge in [0.25, 0.3) is 0 Å². The van der Waals surface area contributed by atoms with Gasteiger partial charge in [0, 0.05) is 6.61 Å². The predicted molar refractivity (Wildman–Crippen MR) is 154 cm³/mol. The Balaban J connectivity index is 3.03. The Morgan fingerprint density at radius 2 is 0.610 bits per heavy atom. The Morgan fingerprint density at radius 3 is 0.902 bits per heavy atom. The molecule has 0 amide bonds. The molecule has 0 unspecified atom stereocenters. The van der Waals surface area contributed by atoms with Crippen molar-refractivity contribution >= 4 is 5.97 Å².